The summed E-state index contributed by atoms with van der Waals surface area (Å²) in [4.78, 5) is 26.5. The van der Waals surface area contributed by atoms with Gasteiger partial charge in [0.05, 0.1) is 12.1 Å². The van der Waals surface area contributed by atoms with Crippen molar-refractivity contribution in [3.05, 3.63) is 16.1 Å². The van der Waals surface area contributed by atoms with Crippen molar-refractivity contribution in [2.45, 2.75) is 39.3 Å². The summed E-state index contributed by atoms with van der Waals surface area (Å²) in [6.45, 7) is 5.75. The van der Waals surface area contributed by atoms with Crippen LogP contribution in [0.4, 0.5) is 0 Å². The van der Waals surface area contributed by atoms with E-state index in [-0.39, 0.29) is 17.6 Å². The van der Waals surface area contributed by atoms with Crippen molar-refractivity contribution in [1.29, 1.82) is 0 Å². The number of amides is 1. The highest BCUT2D eigenvalue weighted by Crippen LogP contribution is 2.18. The topological polar surface area (TPSA) is 105 Å². The zero-order valence-electron chi connectivity index (χ0n) is 11.2. The van der Waals surface area contributed by atoms with E-state index in [9.17, 15) is 9.59 Å². The van der Waals surface area contributed by atoms with Crippen LogP contribution in [-0.4, -0.2) is 28.0 Å². The van der Waals surface area contributed by atoms with Gasteiger partial charge in [-0.3, -0.25) is 4.79 Å². The van der Waals surface area contributed by atoms with Gasteiger partial charge in [0.1, 0.15) is 5.01 Å². The molecule has 2 atom stereocenters. The average molecular weight is 285 g/mol. The quantitative estimate of drug-likeness (QED) is 0.732. The fourth-order valence-electron chi connectivity index (χ4n) is 1.58. The number of aromatic carboxylic acids is 1. The van der Waals surface area contributed by atoms with Crippen LogP contribution in [0.2, 0.25) is 0 Å². The standard InChI is InChI=1S/C12H19N3O3S/c1-6(2)4-8(13)10(16)14-7(3)11-15-9(5-19-11)12(17)18/h5-8H,4,13H2,1-3H3,(H,14,16)(H,17,18)/t7?,8-/m0/s1. The number of thiazole rings is 1. The Bertz CT molecular complexity index is 459. The van der Waals surface area contributed by atoms with E-state index in [2.05, 4.69) is 10.3 Å². The van der Waals surface area contributed by atoms with E-state index in [4.69, 9.17) is 10.8 Å². The van der Waals surface area contributed by atoms with E-state index < -0.39 is 12.0 Å². The first-order valence-electron chi connectivity index (χ1n) is 6.06. The summed E-state index contributed by atoms with van der Waals surface area (Å²) >= 11 is 1.21. The van der Waals surface area contributed by atoms with E-state index >= 15 is 0 Å². The third kappa shape index (κ3) is 4.60. The number of nitrogens with zero attached hydrogens (tertiary/aromatic N) is 1. The van der Waals surface area contributed by atoms with Crippen molar-refractivity contribution in [2.75, 3.05) is 0 Å². The minimum Gasteiger partial charge on any atom is -0.476 e. The Labute approximate surface area is 116 Å². The Balaban J connectivity index is 2.60. The second-order valence-corrected chi connectivity index (χ2v) is 5.73. The Morgan fingerprint density at radius 1 is 1.47 bits per heavy atom. The van der Waals surface area contributed by atoms with Gasteiger partial charge in [0.2, 0.25) is 5.91 Å². The lowest BCUT2D eigenvalue weighted by Gasteiger charge is -2.17. The molecule has 0 bridgehead atoms. The molecule has 1 aromatic heterocycles. The highest BCUT2D eigenvalue weighted by Gasteiger charge is 2.20. The van der Waals surface area contributed by atoms with Crippen LogP contribution in [0.25, 0.3) is 0 Å². The first kappa shape index (κ1) is 15.6. The molecular weight excluding hydrogens is 266 g/mol. The maximum atomic E-state index is 11.8. The van der Waals surface area contributed by atoms with E-state index in [1.807, 2.05) is 13.8 Å². The normalized spacial score (nSPS) is 14.2. The minimum atomic E-state index is -1.07. The molecule has 0 radical (unpaired) electrons. The van der Waals surface area contributed by atoms with Gasteiger partial charge in [0.15, 0.2) is 5.69 Å². The first-order chi connectivity index (χ1) is 8.81. The van der Waals surface area contributed by atoms with E-state index in [0.29, 0.717) is 17.3 Å². The second kappa shape index (κ2) is 6.63. The molecule has 0 saturated carbocycles. The maximum Gasteiger partial charge on any atom is 0.355 e. The number of rotatable bonds is 6. The van der Waals surface area contributed by atoms with E-state index in [1.54, 1.807) is 6.92 Å². The molecule has 0 spiro atoms. The minimum absolute atomic E-state index is 0.00687. The highest BCUT2D eigenvalue weighted by atomic mass is 32.1. The van der Waals surface area contributed by atoms with Crippen LogP contribution in [0.5, 0.6) is 0 Å². The fraction of sp³-hybridized carbons (Fsp3) is 0.583. The Hall–Kier alpha value is -1.47. The summed E-state index contributed by atoms with van der Waals surface area (Å²) in [6, 6.07) is -0.898. The van der Waals surface area contributed by atoms with Crippen LogP contribution in [0.1, 0.15) is 48.7 Å². The molecule has 106 valence electrons. The van der Waals surface area contributed by atoms with Crippen molar-refractivity contribution < 1.29 is 14.7 Å². The summed E-state index contributed by atoms with van der Waals surface area (Å²) in [5.41, 5.74) is 5.77. The predicted molar refractivity (Wildman–Crippen MR) is 73.1 cm³/mol. The molecule has 0 fully saturated rings. The molecule has 19 heavy (non-hydrogen) atoms. The van der Waals surface area contributed by atoms with Gasteiger partial charge in [0.25, 0.3) is 0 Å². The molecule has 4 N–H and O–H groups in total. The average Bonchev–Trinajstić information content (AvgIpc) is 2.77. The summed E-state index contributed by atoms with van der Waals surface area (Å²) in [5.74, 6) is -0.972. The van der Waals surface area contributed by atoms with E-state index in [1.165, 1.54) is 16.7 Å². The summed E-state index contributed by atoms with van der Waals surface area (Å²) < 4.78 is 0. The molecule has 1 unspecified atom stereocenters. The summed E-state index contributed by atoms with van der Waals surface area (Å²) in [7, 11) is 0. The van der Waals surface area contributed by atoms with Crippen LogP contribution in [-0.2, 0) is 4.79 Å². The molecule has 1 aromatic rings. The van der Waals surface area contributed by atoms with Crippen LogP contribution < -0.4 is 11.1 Å². The molecule has 0 aliphatic carbocycles. The molecule has 7 heteroatoms. The van der Waals surface area contributed by atoms with Crippen LogP contribution in [0.3, 0.4) is 0 Å². The number of nitrogens with one attached hydrogen (secondary N) is 1. The molecule has 0 saturated heterocycles. The van der Waals surface area contributed by atoms with Crippen LogP contribution in [0.15, 0.2) is 5.38 Å². The number of carboxylic acids is 1. The van der Waals surface area contributed by atoms with Gasteiger partial charge in [-0.25, -0.2) is 9.78 Å². The predicted octanol–water partition coefficient (Wildman–Crippen LogP) is 1.39. The zero-order valence-corrected chi connectivity index (χ0v) is 12.0. The van der Waals surface area contributed by atoms with Gasteiger partial charge >= 0.3 is 5.97 Å². The Morgan fingerprint density at radius 3 is 2.58 bits per heavy atom. The lowest BCUT2D eigenvalue weighted by molar-refractivity contribution is -0.123. The smallest absolute Gasteiger partial charge is 0.355 e. The molecule has 6 nitrogen and oxygen atoms in total. The van der Waals surface area contributed by atoms with Gasteiger partial charge in [-0.1, -0.05) is 13.8 Å². The lowest BCUT2D eigenvalue weighted by atomic mass is 10.0. The second-order valence-electron chi connectivity index (χ2n) is 4.84. The molecule has 1 amide bonds. The lowest BCUT2D eigenvalue weighted by Crippen LogP contribution is -2.42. The number of carbonyl (C=O) groups excluding carboxylic acids is 1. The number of carboxylic acid groups (broad SMARTS) is 1. The van der Waals surface area contributed by atoms with Crippen molar-refractivity contribution in [1.82, 2.24) is 10.3 Å². The SMILES string of the molecule is CC(C)C[C@H](N)C(=O)NC(C)c1nc(C(=O)O)cs1. The first-order valence-corrected chi connectivity index (χ1v) is 6.94. The highest BCUT2D eigenvalue weighted by molar-refractivity contribution is 7.09. The van der Waals surface area contributed by atoms with Crippen LogP contribution >= 0.6 is 11.3 Å². The molecule has 1 rings (SSSR count). The summed E-state index contributed by atoms with van der Waals surface area (Å²) in [5, 5.41) is 13.5. The number of carbonyl (C=O) groups is 2. The van der Waals surface area contributed by atoms with E-state index in [0.717, 1.165) is 0 Å². The van der Waals surface area contributed by atoms with Crippen molar-refractivity contribution in [2.24, 2.45) is 11.7 Å². The molecule has 0 aromatic carbocycles. The van der Waals surface area contributed by atoms with Crippen molar-refractivity contribution >= 4 is 23.2 Å². The van der Waals surface area contributed by atoms with Crippen molar-refractivity contribution in [3.63, 3.8) is 0 Å². The number of nitrogens with two attached hydrogens (primary N) is 1. The molecule has 1 heterocycles. The Morgan fingerprint density at radius 2 is 2.11 bits per heavy atom. The molecular formula is C12H19N3O3S. The number of hydrogen-bond acceptors (Lipinski definition) is 5. The van der Waals surface area contributed by atoms with Crippen molar-refractivity contribution in [3.8, 4) is 0 Å². The monoisotopic (exact) mass is 285 g/mol. The largest absolute Gasteiger partial charge is 0.476 e. The van der Waals surface area contributed by atoms with Gasteiger partial charge in [0, 0.05) is 5.38 Å². The van der Waals surface area contributed by atoms with Gasteiger partial charge in [-0.05, 0) is 19.3 Å². The maximum absolute atomic E-state index is 11.8. The third-order valence-electron chi connectivity index (χ3n) is 2.53. The molecule has 0 aliphatic rings. The zero-order chi connectivity index (χ0) is 14.6. The molecule has 0 aliphatic heterocycles. The number of hydrogen-bond donors (Lipinski definition) is 3. The Kier molecular flexibility index (Phi) is 5.44. The number of aromatic nitrogens is 1. The van der Waals surface area contributed by atoms with Crippen LogP contribution in [0, 0.1) is 5.92 Å². The van der Waals surface area contributed by atoms with Gasteiger partial charge < -0.3 is 16.2 Å². The fourth-order valence-corrected chi connectivity index (χ4v) is 2.38. The van der Waals surface area contributed by atoms with Gasteiger partial charge in [-0.2, -0.15) is 0 Å². The van der Waals surface area contributed by atoms with Gasteiger partial charge in [-0.15, -0.1) is 11.3 Å². The third-order valence-corrected chi connectivity index (χ3v) is 3.56. The summed E-state index contributed by atoms with van der Waals surface area (Å²) in [6.07, 6.45) is 0.608.